The highest BCUT2D eigenvalue weighted by Crippen LogP contribution is 2.28. The highest BCUT2D eigenvalue weighted by Gasteiger charge is 2.12. The second-order valence-corrected chi connectivity index (χ2v) is 4.72. The summed E-state index contributed by atoms with van der Waals surface area (Å²) < 4.78 is 0. The van der Waals surface area contributed by atoms with Crippen LogP contribution >= 0.6 is 0 Å². The predicted octanol–water partition coefficient (Wildman–Crippen LogP) is 4.11. The molecule has 1 aromatic rings. The molecule has 0 spiro atoms. The van der Waals surface area contributed by atoms with Crippen LogP contribution in [0.15, 0.2) is 12.1 Å². The largest absolute Gasteiger partial charge is 0.192 e. The Balaban J connectivity index is 3.40. The van der Waals surface area contributed by atoms with Crippen molar-refractivity contribution in [3.63, 3.8) is 0 Å². The first-order valence-corrected chi connectivity index (χ1v) is 5.52. The first-order chi connectivity index (χ1) is 6.97. The molecule has 0 amide bonds. The minimum absolute atomic E-state index is 0.482. The van der Waals surface area contributed by atoms with Gasteiger partial charge in [-0.1, -0.05) is 33.8 Å². The van der Waals surface area contributed by atoms with Crippen molar-refractivity contribution in [1.29, 1.82) is 5.26 Å². The number of rotatable bonds is 2. The topological polar surface area (TPSA) is 23.8 Å². The zero-order valence-electron chi connectivity index (χ0n) is 10.3. The normalized spacial score (nSPS) is 10.8. The molecule has 1 rings (SSSR count). The van der Waals surface area contributed by atoms with Gasteiger partial charge in [0.15, 0.2) is 0 Å². The van der Waals surface area contributed by atoms with E-state index in [1.54, 1.807) is 0 Å². The van der Waals surface area contributed by atoms with Gasteiger partial charge in [0.1, 0.15) is 0 Å². The minimum Gasteiger partial charge on any atom is -0.192 e. The fourth-order valence-electron chi connectivity index (χ4n) is 1.87. The third kappa shape index (κ3) is 2.39. The molecule has 0 aliphatic carbocycles. The van der Waals surface area contributed by atoms with Crippen molar-refractivity contribution >= 4 is 0 Å². The molecule has 80 valence electrons. The van der Waals surface area contributed by atoms with Crippen LogP contribution in [-0.2, 0) is 0 Å². The molecule has 1 nitrogen and oxygen atoms in total. The van der Waals surface area contributed by atoms with Gasteiger partial charge in [0, 0.05) is 0 Å². The van der Waals surface area contributed by atoms with E-state index in [9.17, 15) is 0 Å². The Bertz CT molecular complexity index is 395. The Morgan fingerprint density at radius 2 is 1.47 bits per heavy atom. The second kappa shape index (κ2) is 4.49. The van der Waals surface area contributed by atoms with Crippen LogP contribution in [0.25, 0.3) is 0 Å². The van der Waals surface area contributed by atoms with Crippen LogP contribution in [0.1, 0.15) is 61.8 Å². The average molecular weight is 201 g/mol. The predicted molar refractivity (Wildman–Crippen MR) is 64.1 cm³/mol. The molecule has 0 saturated heterocycles. The third-order valence-corrected chi connectivity index (χ3v) is 2.79. The lowest BCUT2D eigenvalue weighted by Crippen LogP contribution is -2.01. The van der Waals surface area contributed by atoms with Crippen molar-refractivity contribution in [1.82, 2.24) is 0 Å². The maximum absolute atomic E-state index is 9.00. The Morgan fingerprint density at radius 1 is 1.00 bits per heavy atom. The molecule has 0 radical (unpaired) electrons. The molecule has 1 aromatic carbocycles. The van der Waals surface area contributed by atoms with Crippen molar-refractivity contribution in [2.75, 3.05) is 0 Å². The van der Waals surface area contributed by atoms with Crippen molar-refractivity contribution in [2.24, 2.45) is 0 Å². The van der Waals surface area contributed by atoms with E-state index in [1.165, 1.54) is 11.1 Å². The van der Waals surface area contributed by atoms with E-state index in [4.69, 9.17) is 5.26 Å². The molecule has 0 fully saturated rings. The highest BCUT2D eigenvalue weighted by atomic mass is 14.3. The van der Waals surface area contributed by atoms with Crippen molar-refractivity contribution in [3.8, 4) is 6.07 Å². The fourth-order valence-corrected chi connectivity index (χ4v) is 1.87. The molecule has 0 aliphatic rings. The summed E-state index contributed by atoms with van der Waals surface area (Å²) in [5.41, 5.74) is 4.59. The number of benzene rings is 1. The van der Waals surface area contributed by atoms with Crippen molar-refractivity contribution < 1.29 is 0 Å². The van der Waals surface area contributed by atoms with E-state index >= 15 is 0 Å². The molecule has 15 heavy (non-hydrogen) atoms. The highest BCUT2D eigenvalue weighted by molar-refractivity contribution is 5.46. The first-order valence-electron chi connectivity index (χ1n) is 5.52. The summed E-state index contributed by atoms with van der Waals surface area (Å²) in [5.74, 6) is 1.00. The van der Waals surface area contributed by atoms with Crippen LogP contribution in [0.2, 0.25) is 0 Å². The number of nitriles is 1. The van der Waals surface area contributed by atoms with Crippen LogP contribution in [0.5, 0.6) is 0 Å². The quantitative estimate of drug-likeness (QED) is 0.706. The van der Waals surface area contributed by atoms with Crippen LogP contribution in [0, 0.1) is 18.3 Å². The second-order valence-electron chi connectivity index (χ2n) is 4.72. The Kier molecular flexibility index (Phi) is 3.52. The molecule has 0 N–H and O–H groups in total. The van der Waals surface area contributed by atoms with E-state index in [0.29, 0.717) is 11.8 Å². The van der Waals surface area contributed by atoms with E-state index in [-0.39, 0.29) is 0 Å². The minimum atomic E-state index is 0.482. The number of hydrogen-bond acceptors (Lipinski definition) is 1. The lowest BCUT2D eigenvalue weighted by Gasteiger charge is -2.17. The summed E-state index contributed by atoms with van der Waals surface area (Å²) >= 11 is 0. The van der Waals surface area contributed by atoms with Gasteiger partial charge in [-0.3, -0.25) is 0 Å². The molecule has 0 unspecified atom stereocenters. The summed E-state index contributed by atoms with van der Waals surface area (Å²) in [5, 5.41) is 9.00. The first kappa shape index (κ1) is 11.8. The van der Waals surface area contributed by atoms with Crippen molar-refractivity contribution in [3.05, 3.63) is 34.4 Å². The zero-order valence-corrected chi connectivity index (χ0v) is 10.3. The van der Waals surface area contributed by atoms with Crippen LogP contribution in [0.4, 0.5) is 0 Å². The summed E-state index contributed by atoms with van der Waals surface area (Å²) in [7, 11) is 0. The lowest BCUT2D eigenvalue weighted by molar-refractivity contribution is 0.788. The van der Waals surface area contributed by atoms with Gasteiger partial charge >= 0.3 is 0 Å². The maximum Gasteiger partial charge on any atom is 0.0994 e. The molecule has 0 bridgehead atoms. The van der Waals surface area contributed by atoms with Crippen LogP contribution in [-0.4, -0.2) is 0 Å². The van der Waals surface area contributed by atoms with E-state index in [0.717, 1.165) is 11.1 Å². The van der Waals surface area contributed by atoms with Crippen LogP contribution in [0.3, 0.4) is 0 Å². The van der Waals surface area contributed by atoms with Gasteiger partial charge in [0.25, 0.3) is 0 Å². The van der Waals surface area contributed by atoms with E-state index in [2.05, 4.69) is 45.9 Å². The third-order valence-electron chi connectivity index (χ3n) is 2.79. The molecule has 0 aromatic heterocycles. The Morgan fingerprint density at radius 3 is 1.87 bits per heavy atom. The molecule has 0 aliphatic heterocycles. The summed E-state index contributed by atoms with van der Waals surface area (Å²) in [6.07, 6.45) is 0. The molecule has 0 atom stereocenters. The lowest BCUT2D eigenvalue weighted by atomic mass is 9.87. The van der Waals surface area contributed by atoms with Gasteiger partial charge in [-0.15, -0.1) is 0 Å². The Labute approximate surface area is 92.7 Å². The molecule has 0 saturated carbocycles. The van der Waals surface area contributed by atoms with Gasteiger partial charge in [0.2, 0.25) is 0 Å². The van der Waals surface area contributed by atoms with Crippen molar-refractivity contribution in [2.45, 2.75) is 46.5 Å². The average Bonchev–Trinajstić information content (AvgIpc) is 2.16. The number of aryl methyl sites for hydroxylation is 1. The Hall–Kier alpha value is -1.29. The SMILES string of the molecule is Cc1cc(C(C)C)c(C(C)C)cc1C#N. The van der Waals surface area contributed by atoms with Gasteiger partial charge in [-0.05, 0) is 41.5 Å². The number of hydrogen-bond donors (Lipinski definition) is 0. The van der Waals surface area contributed by atoms with Gasteiger partial charge in [-0.2, -0.15) is 5.26 Å². The smallest absolute Gasteiger partial charge is 0.0994 e. The summed E-state index contributed by atoms with van der Waals surface area (Å²) in [4.78, 5) is 0. The van der Waals surface area contributed by atoms with Gasteiger partial charge < -0.3 is 0 Å². The fraction of sp³-hybridized carbons (Fsp3) is 0.500. The summed E-state index contributed by atoms with van der Waals surface area (Å²) in [6, 6.07) is 6.47. The standard InChI is InChI=1S/C14H19N/c1-9(2)13-6-11(5)12(8-15)7-14(13)10(3)4/h6-7,9-10H,1-5H3. The summed E-state index contributed by atoms with van der Waals surface area (Å²) in [6.45, 7) is 10.8. The zero-order chi connectivity index (χ0) is 11.6. The molecular formula is C14H19N. The van der Waals surface area contributed by atoms with Crippen LogP contribution < -0.4 is 0 Å². The molecule has 0 heterocycles. The molecular weight excluding hydrogens is 182 g/mol. The monoisotopic (exact) mass is 201 g/mol. The number of nitrogens with zero attached hydrogens (tertiary/aromatic N) is 1. The van der Waals surface area contributed by atoms with Gasteiger partial charge in [0.05, 0.1) is 11.6 Å². The molecule has 1 heteroatoms. The van der Waals surface area contributed by atoms with E-state index < -0.39 is 0 Å². The van der Waals surface area contributed by atoms with E-state index in [1.807, 2.05) is 6.92 Å². The van der Waals surface area contributed by atoms with Gasteiger partial charge in [-0.25, -0.2) is 0 Å². The maximum atomic E-state index is 9.00.